The van der Waals surface area contributed by atoms with Gasteiger partial charge in [0, 0.05) is 31.4 Å². The number of aromatic nitrogens is 4. The maximum absolute atomic E-state index is 14.3. The van der Waals surface area contributed by atoms with E-state index >= 15 is 0 Å². The molecular weight excluding hydrogens is 481 g/mol. The van der Waals surface area contributed by atoms with Crippen molar-refractivity contribution in [2.75, 3.05) is 36.5 Å². The molecule has 198 valence electrons. The van der Waals surface area contributed by atoms with E-state index in [0.717, 1.165) is 19.0 Å². The zero-order valence-electron chi connectivity index (χ0n) is 21.5. The van der Waals surface area contributed by atoms with Gasteiger partial charge in [0.05, 0.1) is 25.0 Å². The lowest BCUT2D eigenvalue weighted by atomic mass is 10.0. The summed E-state index contributed by atoms with van der Waals surface area (Å²) < 4.78 is 26.2. The van der Waals surface area contributed by atoms with Crippen LogP contribution in [0.5, 0.6) is 0 Å². The van der Waals surface area contributed by atoms with Crippen LogP contribution in [-0.2, 0) is 9.47 Å². The number of esters is 1. The summed E-state index contributed by atoms with van der Waals surface area (Å²) in [7, 11) is 0. The Morgan fingerprint density at radius 2 is 2.05 bits per heavy atom. The van der Waals surface area contributed by atoms with Gasteiger partial charge in [-0.25, -0.2) is 28.5 Å². The molecule has 0 saturated carbocycles. The number of fused-ring (bicyclic) bond motifs is 1. The molecule has 1 aliphatic heterocycles. The largest absolute Gasteiger partial charge is 0.462 e. The Hall–Kier alpha value is -3.96. The zero-order valence-corrected chi connectivity index (χ0v) is 21.5. The fourth-order valence-corrected chi connectivity index (χ4v) is 4.25. The molecule has 37 heavy (non-hydrogen) atoms. The Bertz CT molecular complexity index is 1270. The van der Waals surface area contributed by atoms with E-state index < -0.39 is 23.5 Å². The van der Waals surface area contributed by atoms with E-state index in [4.69, 9.17) is 14.5 Å². The predicted octanol–water partition coefficient (Wildman–Crippen LogP) is 3.72. The van der Waals surface area contributed by atoms with Crippen molar-refractivity contribution in [2.45, 2.75) is 52.2 Å². The minimum Gasteiger partial charge on any atom is -0.462 e. The molecule has 1 fully saturated rings. The number of rotatable bonds is 8. The number of nitrogens with zero attached hydrogens (tertiary/aromatic N) is 5. The standard InChI is InChI=1S/C25H32FN7O4/c1-5-36-23(34)18-15-30-33-12-8-20(31-22(18)33)32-11-6-7-19(32)17-13-16(26)14-29-21(17)27-9-10-28-24(35)37-25(2,3)4/h8,12-15,19H,5-7,9-11H2,1-4H3,(H,27,29)(H,28,35)/t19-/m1/s1. The summed E-state index contributed by atoms with van der Waals surface area (Å²) in [4.78, 5) is 35.3. The molecule has 1 atom stereocenters. The van der Waals surface area contributed by atoms with Gasteiger partial charge in [0.1, 0.15) is 28.6 Å². The molecule has 3 aromatic heterocycles. The van der Waals surface area contributed by atoms with Crippen molar-refractivity contribution in [1.82, 2.24) is 24.9 Å². The fourth-order valence-electron chi connectivity index (χ4n) is 4.25. The van der Waals surface area contributed by atoms with E-state index in [1.165, 1.54) is 16.8 Å². The third kappa shape index (κ3) is 6.25. The SMILES string of the molecule is CCOC(=O)c1cnn2ccc(N3CCC[C@@H]3c3cc(F)cnc3NCCNC(=O)OC(C)(C)C)nc12. The number of anilines is 2. The molecule has 1 saturated heterocycles. The number of carbonyl (C=O) groups is 2. The Morgan fingerprint density at radius 1 is 1.24 bits per heavy atom. The van der Waals surface area contributed by atoms with Crippen LogP contribution < -0.4 is 15.5 Å². The van der Waals surface area contributed by atoms with Crippen molar-refractivity contribution in [2.24, 2.45) is 0 Å². The summed E-state index contributed by atoms with van der Waals surface area (Å²) in [6.07, 6.45) is 5.47. The summed E-state index contributed by atoms with van der Waals surface area (Å²) in [6.45, 7) is 8.76. The first-order chi connectivity index (χ1) is 17.7. The van der Waals surface area contributed by atoms with Crippen LogP contribution in [0.3, 0.4) is 0 Å². The molecule has 4 rings (SSSR count). The first-order valence-electron chi connectivity index (χ1n) is 12.3. The quantitative estimate of drug-likeness (QED) is 0.343. The second-order valence-electron chi connectivity index (χ2n) is 9.63. The molecule has 12 heteroatoms. The molecule has 0 aliphatic carbocycles. The number of nitrogens with one attached hydrogen (secondary N) is 2. The number of amides is 1. The van der Waals surface area contributed by atoms with Crippen molar-refractivity contribution in [3.8, 4) is 0 Å². The van der Waals surface area contributed by atoms with Crippen LogP contribution in [0.15, 0.2) is 30.7 Å². The van der Waals surface area contributed by atoms with Gasteiger partial charge in [-0.05, 0) is 52.7 Å². The highest BCUT2D eigenvalue weighted by atomic mass is 19.1. The number of ether oxygens (including phenoxy) is 2. The maximum atomic E-state index is 14.3. The van der Waals surface area contributed by atoms with Crippen LogP contribution in [0, 0.1) is 5.82 Å². The normalized spacial score (nSPS) is 15.6. The Morgan fingerprint density at radius 3 is 2.81 bits per heavy atom. The summed E-state index contributed by atoms with van der Waals surface area (Å²) in [5.41, 5.74) is 0.785. The van der Waals surface area contributed by atoms with Gasteiger partial charge in [-0.15, -0.1) is 0 Å². The van der Waals surface area contributed by atoms with Gasteiger partial charge in [-0.2, -0.15) is 5.10 Å². The number of pyridine rings is 1. The third-order valence-corrected chi connectivity index (χ3v) is 5.73. The number of hydrogen-bond donors (Lipinski definition) is 2. The van der Waals surface area contributed by atoms with Crippen LogP contribution in [0.4, 0.5) is 20.8 Å². The fraction of sp³-hybridized carbons (Fsp3) is 0.480. The smallest absolute Gasteiger partial charge is 0.407 e. The van der Waals surface area contributed by atoms with Crippen LogP contribution in [0.2, 0.25) is 0 Å². The van der Waals surface area contributed by atoms with Gasteiger partial charge < -0.3 is 25.0 Å². The summed E-state index contributed by atoms with van der Waals surface area (Å²) in [6, 6.07) is 3.10. The minimum absolute atomic E-state index is 0.187. The maximum Gasteiger partial charge on any atom is 0.407 e. The van der Waals surface area contributed by atoms with Crippen molar-refractivity contribution in [3.63, 3.8) is 0 Å². The molecule has 0 bridgehead atoms. The summed E-state index contributed by atoms with van der Waals surface area (Å²) in [5, 5.41) is 10.1. The monoisotopic (exact) mass is 513 g/mol. The Kier molecular flexibility index (Phi) is 7.74. The predicted molar refractivity (Wildman–Crippen MR) is 135 cm³/mol. The van der Waals surface area contributed by atoms with Crippen molar-refractivity contribution >= 4 is 29.3 Å². The average molecular weight is 514 g/mol. The lowest BCUT2D eigenvalue weighted by Crippen LogP contribution is -2.35. The highest BCUT2D eigenvalue weighted by Gasteiger charge is 2.30. The molecule has 11 nitrogen and oxygen atoms in total. The number of alkyl carbamates (subject to hydrolysis) is 1. The van der Waals surface area contributed by atoms with Crippen molar-refractivity contribution in [3.05, 3.63) is 47.7 Å². The first-order valence-corrected chi connectivity index (χ1v) is 12.3. The number of halogens is 1. The first kappa shape index (κ1) is 26.1. The van der Waals surface area contributed by atoms with E-state index in [1.807, 2.05) is 6.07 Å². The van der Waals surface area contributed by atoms with Crippen LogP contribution in [-0.4, -0.2) is 63.5 Å². The molecule has 3 aromatic rings. The van der Waals surface area contributed by atoms with Gasteiger partial charge >= 0.3 is 12.1 Å². The van der Waals surface area contributed by atoms with Crippen molar-refractivity contribution in [1.29, 1.82) is 0 Å². The highest BCUT2D eigenvalue weighted by Crippen LogP contribution is 2.38. The lowest BCUT2D eigenvalue weighted by Gasteiger charge is -2.27. The molecule has 1 aliphatic rings. The summed E-state index contributed by atoms with van der Waals surface area (Å²) in [5.74, 6) is 0.244. The van der Waals surface area contributed by atoms with Gasteiger partial charge in [0.2, 0.25) is 0 Å². The molecule has 0 radical (unpaired) electrons. The van der Waals surface area contributed by atoms with Crippen molar-refractivity contribution < 1.29 is 23.5 Å². The minimum atomic E-state index is -0.583. The Labute approximate surface area is 214 Å². The van der Waals surface area contributed by atoms with E-state index in [2.05, 4.69) is 25.6 Å². The van der Waals surface area contributed by atoms with Gasteiger partial charge in [-0.3, -0.25) is 0 Å². The number of carbonyl (C=O) groups excluding carboxylic acids is 2. The van der Waals surface area contributed by atoms with Gasteiger partial charge in [0.25, 0.3) is 0 Å². The second-order valence-corrected chi connectivity index (χ2v) is 9.63. The summed E-state index contributed by atoms with van der Waals surface area (Å²) >= 11 is 0. The van der Waals surface area contributed by atoms with Crippen LogP contribution in [0.1, 0.15) is 62.5 Å². The highest BCUT2D eigenvalue weighted by molar-refractivity contribution is 5.95. The topological polar surface area (TPSA) is 123 Å². The van der Waals surface area contributed by atoms with Gasteiger partial charge in [-0.1, -0.05) is 0 Å². The van der Waals surface area contributed by atoms with E-state index in [-0.39, 0.29) is 18.2 Å². The van der Waals surface area contributed by atoms with Gasteiger partial charge in [0.15, 0.2) is 5.65 Å². The second kappa shape index (κ2) is 11.0. The molecule has 1 amide bonds. The Balaban J connectivity index is 1.52. The molecular formula is C25H32FN7O4. The number of hydrogen-bond acceptors (Lipinski definition) is 9. The van der Waals surface area contributed by atoms with Crippen LogP contribution in [0.25, 0.3) is 5.65 Å². The molecule has 0 aromatic carbocycles. The molecule has 0 unspecified atom stereocenters. The van der Waals surface area contributed by atoms with E-state index in [0.29, 0.717) is 42.5 Å². The van der Waals surface area contributed by atoms with E-state index in [9.17, 15) is 14.0 Å². The molecule has 2 N–H and O–H groups in total. The van der Waals surface area contributed by atoms with E-state index in [1.54, 1.807) is 33.9 Å². The lowest BCUT2D eigenvalue weighted by molar-refractivity contribution is 0.0518. The third-order valence-electron chi connectivity index (χ3n) is 5.73. The zero-order chi connectivity index (χ0) is 26.6. The van der Waals surface area contributed by atoms with Crippen LogP contribution >= 0.6 is 0 Å². The molecule has 4 heterocycles. The molecule has 0 spiro atoms. The average Bonchev–Trinajstić information content (AvgIpc) is 3.48.